The molecule has 0 unspecified atom stereocenters. The van der Waals surface area contributed by atoms with Crippen LogP contribution in [0.2, 0.25) is 5.02 Å². The molecule has 0 N–H and O–H groups in total. The maximum Gasteiger partial charge on any atom is 0.160 e. The van der Waals surface area contributed by atoms with Gasteiger partial charge in [0, 0.05) is 44.7 Å². The van der Waals surface area contributed by atoms with Crippen molar-refractivity contribution in [3.05, 3.63) is 23.1 Å². The van der Waals surface area contributed by atoms with Gasteiger partial charge in [-0.2, -0.15) is 0 Å². The number of alkyl halides is 1. The molecule has 1 aliphatic heterocycles. The second-order valence-electron chi connectivity index (χ2n) is 5.07. The van der Waals surface area contributed by atoms with Crippen molar-refractivity contribution in [2.45, 2.75) is 13.0 Å². The van der Waals surface area contributed by atoms with Gasteiger partial charge in [0.2, 0.25) is 0 Å². The molecule has 3 rings (SSSR count). The minimum atomic E-state index is 0.550. The molecule has 1 aliphatic rings. The third-order valence-electron chi connectivity index (χ3n) is 3.69. The summed E-state index contributed by atoms with van der Waals surface area (Å²) in [6.45, 7) is 5.42. The fourth-order valence-electron chi connectivity index (χ4n) is 2.61. The molecule has 0 amide bonds. The van der Waals surface area contributed by atoms with Crippen LogP contribution in [0.25, 0.3) is 11.2 Å². The number of aromatic nitrogens is 3. The van der Waals surface area contributed by atoms with Gasteiger partial charge in [-0.1, -0.05) is 11.6 Å². The first kappa shape index (κ1) is 15.0. The zero-order valence-electron chi connectivity index (χ0n) is 11.8. The van der Waals surface area contributed by atoms with Crippen molar-refractivity contribution >= 4 is 34.4 Å². The first-order valence-electron chi connectivity index (χ1n) is 7.14. The molecular weight excluding hydrogens is 311 g/mol. The minimum Gasteiger partial charge on any atom is -0.379 e. The first-order chi connectivity index (χ1) is 10.3. The van der Waals surface area contributed by atoms with Gasteiger partial charge in [0.05, 0.1) is 18.2 Å². The lowest BCUT2D eigenvalue weighted by Crippen LogP contribution is -2.38. The Labute approximate surface area is 133 Å². The molecule has 2 aromatic heterocycles. The maximum absolute atomic E-state index is 6.00. The summed E-state index contributed by atoms with van der Waals surface area (Å²) in [5, 5.41) is 0.609. The summed E-state index contributed by atoms with van der Waals surface area (Å²) in [7, 11) is 0. The summed E-state index contributed by atoms with van der Waals surface area (Å²) in [6.07, 6.45) is 2.40. The highest BCUT2D eigenvalue weighted by Crippen LogP contribution is 2.19. The van der Waals surface area contributed by atoms with E-state index in [2.05, 4.69) is 19.4 Å². The van der Waals surface area contributed by atoms with E-state index >= 15 is 0 Å². The molecule has 0 radical (unpaired) electrons. The molecule has 0 bridgehead atoms. The third-order valence-corrected chi connectivity index (χ3v) is 4.09. The van der Waals surface area contributed by atoms with Gasteiger partial charge >= 0.3 is 0 Å². The van der Waals surface area contributed by atoms with Crippen LogP contribution in [-0.4, -0.2) is 58.2 Å². The number of imidazole rings is 1. The number of hydrogen-bond donors (Lipinski definition) is 0. The highest BCUT2D eigenvalue weighted by molar-refractivity contribution is 6.31. The maximum atomic E-state index is 6.00. The van der Waals surface area contributed by atoms with Gasteiger partial charge in [0.15, 0.2) is 5.65 Å². The molecule has 0 aromatic carbocycles. The van der Waals surface area contributed by atoms with Gasteiger partial charge < -0.3 is 9.30 Å². The lowest BCUT2D eigenvalue weighted by atomic mass is 10.4. The van der Waals surface area contributed by atoms with Gasteiger partial charge in [0.25, 0.3) is 0 Å². The second kappa shape index (κ2) is 6.92. The Morgan fingerprint density at radius 3 is 2.81 bits per heavy atom. The molecule has 0 spiro atoms. The van der Waals surface area contributed by atoms with Crippen molar-refractivity contribution in [1.29, 1.82) is 0 Å². The average molecular weight is 329 g/mol. The normalized spacial score (nSPS) is 16.7. The molecule has 5 nitrogen and oxygen atoms in total. The van der Waals surface area contributed by atoms with Crippen molar-refractivity contribution in [3.8, 4) is 0 Å². The molecular formula is C14H18Cl2N4O. The summed E-state index contributed by atoms with van der Waals surface area (Å²) in [6, 6.07) is 1.85. The Morgan fingerprint density at radius 2 is 2.05 bits per heavy atom. The van der Waals surface area contributed by atoms with Crippen molar-refractivity contribution in [2.24, 2.45) is 0 Å². The Morgan fingerprint density at radius 1 is 1.24 bits per heavy atom. The van der Waals surface area contributed by atoms with Crippen LogP contribution in [0, 0.1) is 0 Å². The van der Waals surface area contributed by atoms with Gasteiger partial charge in [-0.3, -0.25) is 4.90 Å². The van der Waals surface area contributed by atoms with Gasteiger partial charge in [-0.05, 0) is 6.07 Å². The Bertz CT molecular complexity index is 610. The predicted octanol–water partition coefficient (Wildman–Crippen LogP) is 2.20. The summed E-state index contributed by atoms with van der Waals surface area (Å²) in [4.78, 5) is 11.4. The Balaban J connectivity index is 1.82. The average Bonchev–Trinajstić information content (AvgIpc) is 2.83. The van der Waals surface area contributed by atoms with Crippen LogP contribution in [0.1, 0.15) is 5.82 Å². The minimum absolute atomic E-state index is 0.550. The molecule has 21 heavy (non-hydrogen) atoms. The van der Waals surface area contributed by atoms with E-state index < -0.39 is 0 Å². The Kier molecular flexibility index (Phi) is 4.95. The molecule has 7 heteroatoms. The van der Waals surface area contributed by atoms with Crippen LogP contribution in [0.5, 0.6) is 0 Å². The van der Waals surface area contributed by atoms with Crippen molar-refractivity contribution in [3.63, 3.8) is 0 Å². The van der Waals surface area contributed by atoms with Crippen LogP contribution in [0.15, 0.2) is 12.3 Å². The van der Waals surface area contributed by atoms with Crippen molar-refractivity contribution < 1.29 is 4.74 Å². The molecule has 0 saturated carbocycles. The first-order valence-corrected chi connectivity index (χ1v) is 8.06. The topological polar surface area (TPSA) is 43.2 Å². The number of morpholine rings is 1. The number of ether oxygens (including phenoxy) is 1. The molecule has 0 atom stereocenters. The standard InChI is InChI=1S/C14H18Cl2N4O/c15-2-1-13-18-12-9-11(16)10-17-14(12)20(13)4-3-19-5-7-21-8-6-19/h9-10H,1-8H2. The van der Waals surface area contributed by atoms with Crippen LogP contribution in [0.4, 0.5) is 0 Å². The second-order valence-corrected chi connectivity index (χ2v) is 5.88. The fourth-order valence-corrected chi connectivity index (χ4v) is 2.93. The smallest absolute Gasteiger partial charge is 0.160 e. The van der Waals surface area contributed by atoms with E-state index in [0.717, 1.165) is 62.8 Å². The summed E-state index contributed by atoms with van der Waals surface area (Å²) < 4.78 is 7.53. The van der Waals surface area contributed by atoms with E-state index in [0.29, 0.717) is 10.9 Å². The molecule has 114 valence electrons. The van der Waals surface area contributed by atoms with Crippen LogP contribution in [0.3, 0.4) is 0 Å². The van der Waals surface area contributed by atoms with Gasteiger partial charge in [-0.15, -0.1) is 11.6 Å². The van der Waals surface area contributed by atoms with Crippen LogP contribution in [-0.2, 0) is 17.7 Å². The van der Waals surface area contributed by atoms with Gasteiger partial charge in [-0.25, -0.2) is 9.97 Å². The number of fused-ring (bicyclic) bond motifs is 1. The predicted molar refractivity (Wildman–Crippen MR) is 84.2 cm³/mol. The molecule has 1 fully saturated rings. The number of rotatable bonds is 5. The molecule has 3 heterocycles. The van der Waals surface area contributed by atoms with E-state index in [9.17, 15) is 0 Å². The highest BCUT2D eigenvalue weighted by Gasteiger charge is 2.15. The van der Waals surface area contributed by atoms with Crippen molar-refractivity contribution in [2.75, 3.05) is 38.7 Å². The number of nitrogens with zero attached hydrogens (tertiary/aromatic N) is 4. The van der Waals surface area contributed by atoms with Crippen LogP contribution >= 0.6 is 23.2 Å². The van der Waals surface area contributed by atoms with Crippen molar-refractivity contribution in [1.82, 2.24) is 19.4 Å². The number of hydrogen-bond acceptors (Lipinski definition) is 4. The van der Waals surface area contributed by atoms with Gasteiger partial charge in [0.1, 0.15) is 11.3 Å². The van der Waals surface area contributed by atoms with E-state index in [-0.39, 0.29) is 0 Å². The summed E-state index contributed by atoms with van der Waals surface area (Å²) >= 11 is 11.9. The van der Waals surface area contributed by atoms with E-state index in [1.54, 1.807) is 6.20 Å². The summed E-state index contributed by atoms with van der Waals surface area (Å²) in [5.41, 5.74) is 1.72. The summed E-state index contributed by atoms with van der Waals surface area (Å²) in [5.74, 6) is 1.53. The third kappa shape index (κ3) is 3.48. The number of pyridine rings is 1. The fraction of sp³-hybridized carbons (Fsp3) is 0.571. The van der Waals surface area contributed by atoms with Crippen LogP contribution < -0.4 is 0 Å². The molecule has 0 aliphatic carbocycles. The molecule has 2 aromatic rings. The Hall–Kier alpha value is -0.880. The highest BCUT2D eigenvalue weighted by atomic mass is 35.5. The quantitative estimate of drug-likeness (QED) is 0.789. The largest absolute Gasteiger partial charge is 0.379 e. The van der Waals surface area contributed by atoms with E-state index in [1.165, 1.54) is 0 Å². The van der Waals surface area contributed by atoms with E-state index in [4.69, 9.17) is 27.9 Å². The lowest BCUT2D eigenvalue weighted by Gasteiger charge is -2.26. The monoisotopic (exact) mass is 328 g/mol. The lowest BCUT2D eigenvalue weighted by molar-refractivity contribution is 0.0364. The number of aryl methyl sites for hydroxylation is 1. The molecule has 1 saturated heterocycles. The SMILES string of the molecule is ClCCc1nc2cc(Cl)cnc2n1CCN1CCOCC1. The van der Waals surface area contributed by atoms with E-state index in [1.807, 2.05) is 6.07 Å². The zero-order valence-corrected chi connectivity index (χ0v) is 13.3. The zero-order chi connectivity index (χ0) is 14.7. The number of halogens is 2.